The number of rotatable bonds is 8. The molecule has 1 N–H and O–H groups in total. The van der Waals surface area contributed by atoms with E-state index < -0.39 is 0 Å². The summed E-state index contributed by atoms with van der Waals surface area (Å²) in [6, 6.07) is 0.592. The predicted molar refractivity (Wildman–Crippen MR) is 85.7 cm³/mol. The molecule has 1 aliphatic heterocycles. The van der Waals surface area contributed by atoms with Gasteiger partial charge in [0, 0.05) is 25.0 Å². The van der Waals surface area contributed by atoms with Gasteiger partial charge in [0.1, 0.15) is 0 Å². The molecule has 118 valence electrons. The number of nitrogens with one attached hydrogen (secondary N) is 1. The molecule has 0 aliphatic carbocycles. The summed E-state index contributed by atoms with van der Waals surface area (Å²) in [5.41, 5.74) is 0. The maximum absolute atomic E-state index is 12.6. The fraction of sp³-hybridized carbons (Fsp3) is 0.941. The van der Waals surface area contributed by atoms with Gasteiger partial charge in [0.2, 0.25) is 5.91 Å². The van der Waals surface area contributed by atoms with Gasteiger partial charge in [-0.3, -0.25) is 4.79 Å². The van der Waals surface area contributed by atoms with Crippen LogP contribution in [-0.4, -0.2) is 36.5 Å². The summed E-state index contributed by atoms with van der Waals surface area (Å²) in [6.45, 7) is 11.8. The van der Waals surface area contributed by atoms with Crippen molar-refractivity contribution in [2.24, 2.45) is 11.8 Å². The lowest BCUT2D eigenvalue weighted by Gasteiger charge is -2.39. The van der Waals surface area contributed by atoms with Gasteiger partial charge in [-0.25, -0.2) is 0 Å². The topological polar surface area (TPSA) is 32.3 Å². The standard InChI is InChI=1S/C17H34N2O/c1-5-8-9-15(7-3)17(20)19-12-10-16(14(4)13-19)18-11-6-2/h14-16,18H,5-13H2,1-4H3. The molecule has 0 spiro atoms. The Balaban J connectivity index is 2.46. The monoisotopic (exact) mass is 282 g/mol. The zero-order valence-corrected chi connectivity index (χ0v) is 14.0. The normalized spacial score (nSPS) is 24.7. The third-order valence-corrected chi connectivity index (χ3v) is 4.62. The van der Waals surface area contributed by atoms with Gasteiger partial charge in [-0.05, 0) is 38.1 Å². The fourth-order valence-corrected chi connectivity index (χ4v) is 3.19. The number of carbonyl (C=O) groups is 1. The summed E-state index contributed by atoms with van der Waals surface area (Å²) in [5.74, 6) is 1.23. The molecule has 0 aromatic rings. The van der Waals surface area contributed by atoms with Crippen LogP contribution >= 0.6 is 0 Å². The summed E-state index contributed by atoms with van der Waals surface area (Å²) in [6.07, 6.45) is 6.70. The summed E-state index contributed by atoms with van der Waals surface area (Å²) in [5, 5.41) is 3.62. The highest BCUT2D eigenvalue weighted by atomic mass is 16.2. The summed E-state index contributed by atoms with van der Waals surface area (Å²) < 4.78 is 0. The van der Waals surface area contributed by atoms with Crippen LogP contribution in [0.25, 0.3) is 0 Å². The molecule has 1 fully saturated rings. The molecule has 3 unspecified atom stereocenters. The Morgan fingerprint density at radius 2 is 2.05 bits per heavy atom. The second-order valence-corrected chi connectivity index (χ2v) is 6.36. The van der Waals surface area contributed by atoms with E-state index in [9.17, 15) is 4.79 Å². The molecule has 1 aliphatic rings. The lowest BCUT2D eigenvalue weighted by Crippen LogP contribution is -2.51. The molecule has 1 rings (SSSR count). The molecule has 0 radical (unpaired) electrons. The van der Waals surface area contributed by atoms with Crippen molar-refractivity contribution in [1.82, 2.24) is 10.2 Å². The van der Waals surface area contributed by atoms with E-state index in [1.807, 2.05) is 0 Å². The highest BCUT2D eigenvalue weighted by Gasteiger charge is 2.30. The first-order valence-corrected chi connectivity index (χ1v) is 8.66. The zero-order valence-electron chi connectivity index (χ0n) is 14.0. The first kappa shape index (κ1) is 17.5. The minimum absolute atomic E-state index is 0.252. The largest absolute Gasteiger partial charge is 0.342 e. The van der Waals surface area contributed by atoms with E-state index in [2.05, 4.69) is 37.9 Å². The third kappa shape index (κ3) is 5.08. The Morgan fingerprint density at radius 1 is 1.30 bits per heavy atom. The van der Waals surface area contributed by atoms with E-state index in [4.69, 9.17) is 0 Å². The maximum atomic E-state index is 12.6. The Kier molecular flexibility index (Phi) is 8.20. The van der Waals surface area contributed by atoms with Gasteiger partial charge >= 0.3 is 0 Å². The van der Waals surface area contributed by atoms with Crippen LogP contribution in [0.5, 0.6) is 0 Å². The molecule has 1 amide bonds. The molecule has 1 heterocycles. The number of amides is 1. The van der Waals surface area contributed by atoms with Crippen LogP contribution in [-0.2, 0) is 4.79 Å². The Bertz CT molecular complexity index is 280. The van der Waals surface area contributed by atoms with E-state index in [-0.39, 0.29) is 5.92 Å². The Labute approximate surface area is 125 Å². The van der Waals surface area contributed by atoms with Gasteiger partial charge in [-0.2, -0.15) is 0 Å². The quantitative estimate of drug-likeness (QED) is 0.739. The molecule has 0 saturated carbocycles. The van der Waals surface area contributed by atoms with Crippen molar-refractivity contribution in [1.29, 1.82) is 0 Å². The predicted octanol–water partition coefficient (Wildman–Crippen LogP) is 3.44. The van der Waals surface area contributed by atoms with Crippen molar-refractivity contribution in [3.05, 3.63) is 0 Å². The van der Waals surface area contributed by atoms with E-state index >= 15 is 0 Å². The van der Waals surface area contributed by atoms with Crippen LogP contribution in [0.2, 0.25) is 0 Å². The smallest absolute Gasteiger partial charge is 0.225 e. The molecule has 0 aromatic carbocycles. The van der Waals surface area contributed by atoms with Crippen molar-refractivity contribution < 1.29 is 4.79 Å². The maximum Gasteiger partial charge on any atom is 0.225 e. The first-order valence-electron chi connectivity index (χ1n) is 8.66. The van der Waals surface area contributed by atoms with Crippen LogP contribution < -0.4 is 5.32 Å². The van der Waals surface area contributed by atoms with Gasteiger partial charge in [0.05, 0.1) is 0 Å². The number of likely N-dealkylation sites (tertiary alicyclic amines) is 1. The minimum atomic E-state index is 0.252. The molecule has 3 heteroatoms. The van der Waals surface area contributed by atoms with Crippen molar-refractivity contribution in [2.45, 2.75) is 72.3 Å². The molecule has 20 heavy (non-hydrogen) atoms. The van der Waals surface area contributed by atoms with Gasteiger partial charge in [0.25, 0.3) is 0 Å². The van der Waals surface area contributed by atoms with Crippen LogP contribution in [0.1, 0.15) is 66.2 Å². The van der Waals surface area contributed by atoms with Gasteiger partial charge < -0.3 is 10.2 Å². The highest BCUT2D eigenvalue weighted by molar-refractivity contribution is 5.78. The van der Waals surface area contributed by atoms with Crippen molar-refractivity contribution in [3.63, 3.8) is 0 Å². The SMILES string of the molecule is CCCCC(CC)C(=O)N1CCC(NCCC)C(C)C1. The highest BCUT2D eigenvalue weighted by Crippen LogP contribution is 2.22. The second kappa shape index (κ2) is 9.38. The molecule has 0 bridgehead atoms. The van der Waals surface area contributed by atoms with E-state index in [1.54, 1.807) is 0 Å². The lowest BCUT2D eigenvalue weighted by molar-refractivity contribution is -0.138. The second-order valence-electron chi connectivity index (χ2n) is 6.36. The van der Waals surface area contributed by atoms with Gasteiger partial charge in [-0.15, -0.1) is 0 Å². The van der Waals surface area contributed by atoms with Crippen LogP contribution in [0, 0.1) is 11.8 Å². The van der Waals surface area contributed by atoms with Crippen molar-refractivity contribution >= 4 is 5.91 Å². The molecule has 0 aromatic heterocycles. The minimum Gasteiger partial charge on any atom is -0.342 e. The molecular formula is C17H34N2O. The van der Waals surface area contributed by atoms with Crippen LogP contribution in [0.3, 0.4) is 0 Å². The number of nitrogens with zero attached hydrogens (tertiary/aromatic N) is 1. The molecule has 3 nitrogen and oxygen atoms in total. The van der Waals surface area contributed by atoms with Crippen LogP contribution in [0.4, 0.5) is 0 Å². The Morgan fingerprint density at radius 3 is 2.60 bits per heavy atom. The van der Waals surface area contributed by atoms with Gasteiger partial charge in [-0.1, -0.05) is 40.5 Å². The summed E-state index contributed by atoms with van der Waals surface area (Å²) in [4.78, 5) is 14.7. The van der Waals surface area contributed by atoms with E-state index in [1.165, 1.54) is 19.3 Å². The number of hydrogen-bond donors (Lipinski definition) is 1. The molecular weight excluding hydrogens is 248 g/mol. The number of hydrogen-bond acceptors (Lipinski definition) is 2. The van der Waals surface area contributed by atoms with Crippen molar-refractivity contribution in [3.8, 4) is 0 Å². The van der Waals surface area contributed by atoms with Gasteiger partial charge in [0.15, 0.2) is 0 Å². The fourth-order valence-electron chi connectivity index (χ4n) is 3.19. The van der Waals surface area contributed by atoms with E-state index in [0.29, 0.717) is 17.9 Å². The van der Waals surface area contributed by atoms with Crippen LogP contribution in [0.15, 0.2) is 0 Å². The number of piperidine rings is 1. The molecule has 3 atom stereocenters. The molecule has 1 saturated heterocycles. The summed E-state index contributed by atoms with van der Waals surface area (Å²) in [7, 11) is 0. The summed E-state index contributed by atoms with van der Waals surface area (Å²) >= 11 is 0. The average molecular weight is 282 g/mol. The third-order valence-electron chi connectivity index (χ3n) is 4.62. The van der Waals surface area contributed by atoms with Crippen molar-refractivity contribution in [2.75, 3.05) is 19.6 Å². The lowest BCUT2D eigenvalue weighted by atomic mass is 9.91. The number of unbranched alkanes of at least 4 members (excludes halogenated alkanes) is 1. The zero-order chi connectivity index (χ0) is 15.0. The number of carbonyl (C=O) groups excluding carboxylic acids is 1. The Hall–Kier alpha value is -0.570. The van der Waals surface area contributed by atoms with E-state index in [0.717, 1.165) is 38.9 Å². The first-order chi connectivity index (χ1) is 9.63. The average Bonchev–Trinajstić information content (AvgIpc) is 2.46.